The Hall–Kier alpha value is -0.430. The summed E-state index contributed by atoms with van der Waals surface area (Å²) < 4.78 is 0. The Morgan fingerprint density at radius 1 is 0.857 bits per heavy atom. The lowest BCUT2D eigenvalue weighted by Crippen LogP contribution is -2.01. The molecule has 0 saturated carbocycles. The molecule has 0 N–H and O–H groups in total. The highest BCUT2D eigenvalue weighted by atomic mass is 32.1. The van der Waals surface area contributed by atoms with Crippen LogP contribution in [0.25, 0.3) is 0 Å². The first kappa shape index (κ1) is 18.6. The molecule has 1 rings (SSSR count). The van der Waals surface area contributed by atoms with Gasteiger partial charge in [0.25, 0.3) is 0 Å². The fourth-order valence-electron chi connectivity index (χ4n) is 2.94. The van der Waals surface area contributed by atoms with Gasteiger partial charge in [0.15, 0.2) is 0 Å². The van der Waals surface area contributed by atoms with Crippen molar-refractivity contribution < 1.29 is 0 Å². The van der Waals surface area contributed by atoms with Crippen LogP contribution in [0.2, 0.25) is 0 Å². The van der Waals surface area contributed by atoms with Gasteiger partial charge in [0.05, 0.1) is 0 Å². The van der Waals surface area contributed by atoms with Crippen molar-refractivity contribution in [3.63, 3.8) is 0 Å². The number of hydrogen-bond acceptors (Lipinski definition) is 1. The van der Waals surface area contributed by atoms with Crippen molar-refractivity contribution >= 4 is 12.6 Å². The van der Waals surface area contributed by atoms with E-state index in [2.05, 4.69) is 57.7 Å². The zero-order valence-corrected chi connectivity index (χ0v) is 15.2. The molecule has 120 valence electrons. The third kappa shape index (κ3) is 8.56. The number of rotatable bonds is 11. The maximum absolute atomic E-state index is 4.33. The maximum atomic E-state index is 4.33. The van der Waals surface area contributed by atoms with E-state index in [1.807, 2.05) is 0 Å². The molecule has 0 heterocycles. The normalized spacial score (nSPS) is 14.1. The molecule has 0 spiro atoms. The van der Waals surface area contributed by atoms with Crippen molar-refractivity contribution in [3.8, 4) is 0 Å². The van der Waals surface area contributed by atoms with Gasteiger partial charge in [-0.3, -0.25) is 0 Å². The summed E-state index contributed by atoms with van der Waals surface area (Å²) in [6.45, 7) is 7.05. The molecule has 2 atom stereocenters. The molecule has 0 radical (unpaired) electrons. The number of thiol groups is 1. The Balaban J connectivity index is 2.12. The summed E-state index contributed by atoms with van der Waals surface area (Å²) in [5.74, 6) is 1.87. The van der Waals surface area contributed by atoms with Gasteiger partial charge in [0.2, 0.25) is 0 Å². The van der Waals surface area contributed by atoms with Gasteiger partial charge in [-0.2, -0.15) is 0 Å². The third-order valence-corrected chi connectivity index (χ3v) is 5.15. The van der Waals surface area contributed by atoms with Crippen molar-refractivity contribution in [2.45, 2.75) is 83.5 Å². The van der Waals surface area contributed by atoms with Crippen LogP contribution >= 0.6 is 12.6 Å². The highest BCUT2D eigenvalue weighted by Gasteiger charge is 2.07. The smallest absolute Gasteiger partial charge is 0.00401 e. The van der Waals surface area contributed by atoms with E-state index < -0.39 is 0 Å². The molecule has 21 heavy (non-hydrogen) atoms. The zero-order chi connectivity index (χ0) is 15.5. The second-order valence-electron chi connectivity index (χ2n) is 6.63. The second kappa shape index (κ2) is 11.2. The van der Waals surface area contributed by atoms with Gasteiger partial charge < -0.3 is 0 Å². The summed E-state index contributed by atoms with van der Waals surface area (Å²) in [4.78, 5) is 1.06. The molecule has 0 aromatic heterocycles. The van der Waals surface area contributed by atoms with E-state index in [4.69, 9.17) is 0 Å². The molecular weight excluding hydrogens is 272 g/mol. The van der Waals surface area contributed by atoms with Crippen molar-refractivity contribution in [3.05, 3.63) is 29.8 Å². The van der Waals surface area contributed by atoms with Crippen LogP contribution in [0.5, 0.6) is 0 Å². The lowest BCUT2D eigenvalue weighted by Gasteiger charge is -2.16. The molecule has 0 aliphatic rings. The van der Waals surface area contributed by atoms with Gasteiger partial charge >= 0.3 is 0 Å². The number of hydrogen-bond donors (Lipinski definition) is 1. The van der Waals surface area contributed by atoms with Gasteiger partial charge in [-0.1, -0.05) is 77.8 Å². The van der Waals surface area contributed by atoms with Crippen LogP contribution in [-0.2, 0) is 6.42 Å². The van der Waals surface area contributed by atoms with Gasteiger partial charge in [-0.15, -0.1) is 12.6 Å². The summed E-state index contributed by atoms with van der Waals surface area (Å²) in [7, 11) is 0. The summed E-state index contributed by atoms with van der Waals surface area (Å²) in [5, 5.41) is 0. The molecule has 0 nitrogen and oxygen atoms in total. The quantitative estimate of drug-likeness (QED) is 0.332. The minimum Gasteiger partial charge on any atom is -0.143 e. The third-order valence-electron chi connectivity index (χ3n) is 4.85. The van der Waals surface area contributed by atoms with Gasteiger partial charge in [-0.25, -0.2) is 0 Å². The summed E-state index contributed by atoms with van der Waals surface area (Å²) >= 11 is 4.33. The molecule has 1 aromatic carbocycles. The second-order valence-corrected chi connectivity index (χ2v) is 7.15. The molecule has 0 amide bonds. The Bertz CT molecular complexity index is 355. The lowest BCUT2D eigenvalue weighted by atomic mass is 9.90. The number of unbranched alkanes of at least 4 members (excludes halogenated alkanes) is 1. The standard InChI is InChI=1S/C20H34S/c1-4-17(3)9-8-12-18(5-2)10-6-7-11-19-13-15-20(21)16-14-19/h13-18,21H,4-12H2,1-3H3. The van der Waals surface area contributed by atoms with Crippen LogP contribution in [0.1, 0.15) is 77.7 Å². The molecule has 1 heteroatoms. The summed E-state index contributed by atoms with van der Waals surface area (Å²) in [6, 6.07) is 8.63. The SMILES string of the molecule is CCC(C)CCCC(CC)CCCCc1ccc(S)cc1. The Morgan fingerprint density at radius 2 is 1.52 bits per heavy atom. The number of benzene rings is 1. The van der Waals surface area contributed by atoms with Crippen LogP contribution in [0.3, 0.4) is 0 Å². The predicted octanol–water partition coefficient (Wildman–Crippen LogP) is 6.93. The Labute approximate surface area is 138 Å². The minimum atomic E-state index is 0.914. The van der Waals surface area contributed by atoms with Crippen LogP contribution < -0.4 is 0 Å². The average Bonchev–Trinajstić information content (AvgIpc) is 2.51. The maximum Gasteiger partial charge on any atom is 0.00401 e. The Morgan fingerprint density at radius 3 is 2.14 bits per heavy atom. The zero-order valence-electron chi connectivity index (χ0n) is 14.3. The monoisotopic (exact) mass is 306 g/mol. The van der Waals surface area contributed by atoms with Crippen LogP contribution in [0.4, 0.5) is 0 Å². The Kier molecular flexibility index (Phi) is 9.91. The first-order chi connectivity index (χ1) is 10.2. The van der Waals surface area contributed by atoms with E-state index >= 15 is 0 Å². The highest BCUT2D eigenvalue weighted by molar-refractivity contribution is 7.80. The molecule has 0 aliphatic heterocycles. The molecule has 0 aliphatic carbocycles. The predicted molar refractivity (Wildman–Crippen MR) is 98.3 cm³/mol. The highest BCUT2D eigenvalue weighted by Crippen LogP contribution is 2.22. The van der Waals surface area contributed by atoms with Gasteiger partial charge in [0.1, 0.15) is 0 Å². The fourth-order valence-corrected chi connectivity index (χ4v) is 3.09. The van der Waals surface area contributed by atoms with E-state index in [1.165, 1.54) is 63.4 Å². The van der Waals surface area contributed by atoms with Crippen molar-refractivity contribution in [1.29, 1.82) is 0 Å². The largest absolute Gasteiger partial charge is 0.143 e. The van der Waals surface area contributed by atoms with Crippen molar-refractivity contribution in [2.75, 3.05) is 0 Å². The molecule has 1 aromatic rings. The van der Waals surface area contributed by atoms with Crippen molar-refractivity contribution in [2.24, 2.45) is 11.8 Å². The molecule has 0 fully saturated rings. The lowest BCUT2D eigenvalue weighted by molar-refractivity contribution is 0.378. The van der Waals surface area contributed by atoms with E-state index in [9.17, 15) is 0 Å². The number of aryl methyl sites for hydroxylation is 1. The van der Waals surface area contributed by atoms with Crippen LogP contribution in [0.15, 0.2) is 29.2 Å². The van der Waals surface area contributed by atoms with Crippen LogP contribution in [0, 0.1) is 11.8 Å². The van der Waals surface area contributed by atoms with Gasteiger partial charge in [0, 0.05) is 4.90 Å². The van der Waals surface area contributed by atoms with E-state index in [0.717, 1.165) is 16.7 Å². The summed E-state index contributed by atoms with van der Waals surface area (Å²) in [6.07, 6.45) is 12.3. The van der Waals surface area contributed by atoms with E-state index in [-0.39, 0.29) is 0 Å². The van der Waals surface area contributed by atoms with Crippen molar-refractivity contribution in [1.82, 2.24) is 0 Å². The molecule has 2 unspecified atom stereocenters. The minimum absolute atomic E-state index is 0.914. The van der Waals surface area contributed by atoms with E-state index in [0.29, 0.717) is 0 Å². The van der Waals surface area contributed by atoms with E-state index in [1.54, 1.807) is 0 Å². The van der Waals surface area contributed by atoms with Crippen LogP contribution in [-0.4, -0.2) is 0 Å². The first-order valence-corrected chi connectivity index (χ1v) is 9.38. The molecule has 0 saturated heterocycles. The molecule has 0 bridgehead atoms. The van der Waals surface area contributed by atoms with Gasteiger partial charge in [-0.05, 0) is 42.4 Å². The first-order valence-electron chi connectivity index (χ1n) is 8.93. The summed E-state index contributed by atoms with van der Waals surface area (Å²) in [5.41, 5.74) is 1.46. The fraction of sp³-hybridized carbons (Fsp3) is 0.700. The average molecular weight is 307 g/mol. The topological polar surface area (TPSA) is 0 Å². The molecular formula is C20H34S.